The van der Waals surface area contributed by atoms with Crippen molar-refractivity contribution < 1.29 is 0 Å². The molecule has 0 radical (unpaired) electrons. The predicted molar refractivity (Wildman–Crippen MR) is 56.9 cm³/mol. The van der Waals surface area contributed by atoms with E-state index in [4.69, 9.17) is 0 Å². The number of hydrogen-bond acceptors (Lipinski definition) is 0. The molecule has 0 saturated carbocycles. The first-order valence-electron chi connectivity index (χ1n) is 5.07. The first-order valence-corrected chi connectivity index (χ1v) is 5.07. The SMILES string of the molecule is C=CC([CH+]C)CC(C)C(C)CC. The molecular weight excluding hydrogens is 144 g/mol. The maximum atomic E-state index is 3.84. The summed E-state index contributed by atoms with van der Waals surface area (Å²) in [4.78, 5) is 0. The van der Waals surface area contributed by atoms with E-state index in [0.29, 0.717) is 5.92 Å². The Hall–Kier alpha value is -0.390. The zero-order valence-corrected chi connectivity index (χ0v) is 9.01. The van der Waals surface area contributed by atoms with Gasteiger partial charge in [0, 0.05) is 0 Å². The molecule has 0 aromatic heterocycles. The highest BCUT2D eigenvalue weighted by molar-refractivity contribution is 4.88. The molecule has 0 saturated heterocycles. The summed E-state index contributed by atoms with van der Waals surface area (Å²) in [5.74, 6) is 2.26. The van der Waals surface area contributed by atoms with E-state index in [1.807, 2.05) is 0 Å². The molecule has 0 N–H and O–H groups in total. The molecule has 0 fully saturated rings. The van der Waals surface area contributed by atoms with Crippen molar-refractivity contribution in [1.82, 2.24) is 0 Å². The van der Waals surface area contributed by atoms with E-state index >= 15 is 0 Å². The van der Waals surface area contributed by atoms with E-state index in [0.717, 1.165) is 11.8 Å². The lowest BCUT2D eigenvalue weighted by Crippen LogP contribution is -2.11. The van der Waals surface area contributed by atoms with Gasteiger partial charge in [0.15, 0.2) is 0 Å². The predicted octanol–water partition coefficient (Wildman–Crippen LogP) is 4.09. The molecule has 0 aromatic carbocycles. The van der Waals surface area contributed by atoms with E-state index in [-0.39, 0.29) is 0 Å². The van der Waals surface area contributed by atoms with Gasteiger partial charge in [-0.25, -0.2) is 0 Å². The van der Waals surface area contributed by atoms with Gasteiger partial charge in [0.1, 0.15) is 5.92 Å². The van der Waals surface area contributed by atoms with Crippen molar-refractivity contribution in [3.05, 3.63) is 19.1 Å². The molecule has 0 nitrogen and oxygen atoms in total. The highest BCUT2D eigenvalue weighted by Gasteiger charge is 2.17. The van der Waals surface area contributed by atoms with Crippen LogP contribution in [0.15, 0.2) is 12.7 Å². The largest absolute Gasteiger partial charge is 0.115 e. The molecule has 70 valence electrons. The fourth-order valence-corrected chi connectivity index (χ4v) is 1.43. The molecule has 0 heteroatoms. The van der Waals surface area contributed by atoms with Crippen LogP contribution in [0.4, 0.5) is 0 Å². The van der Waals surface area contributed by atoms with Crippen molar-refractivity contribution in [2.45, 2.75) is 40.5 Å². The van der Waals surface area contributed by atoms with Gasteiger partial charge in [-0.15, -0.1) is 0 Å². The Morgan fingerprint density at radius 3 is 2.25 bits per heavy atom. The lowest BCUT2D eigenvalue weighted by atomic mass is 9.84. The van der Waals surface area contributed by atoms with Crippen LogP contribution in [0.25, 0.3) is 0 Å². The monoisotopic (exact) mass is 167 g/mol. The smallest absolute Gasteiger partial charge is 0.0986 e. The Morgan fingerprint density at radius 1 is 1.33 bits per heavy atom. The van der Waals surface area contributed by atoms with Gasteiger partial charge in [-0.05, 0) is 24.3 Å². The number of hydrogen-bond donors (Lipinski definition) is 0. The summed E-state index contributed by atoms with van der Waals surface area (Å²) in [7, 11) is 0. The maximum Gasteiger partial charge on any atom is 0.115 e. The van der Waals surface area contributed by atoms with Crippen LogP contribution in [0.1, 0.15) is 40.5 Å². The van der Waals surface area contributed by atoms with Gasteiger partial charge in [0.25, 0.3) is 0 Å². The van der Waals surface area contributed by atoms with Gasteiger partial charge >= 0.3 is 0 Å². The second-order valence-electron chi connectivity index (χ2n) is 3.83. The number of rotatable bonds is 6. The lowest BCUT2D eigenvalue weighted by Gasteiger charge is -2.18. The Kier molecular flexibility index (Phi) is 5.96. The topological polar surface area (TPSA) is 0 Å². The van der Waals surface area contributed by atoms with Gasteiger partial charge in [-0.2, -0.15) is 0 Å². The molecule has 12 heavy (non-hydrogen) atoms. The van der Waals surface area contributed by atoms with Crippen LogP contribution in [0.2, 0.25) is 0 Å². The van der Waals surface area contributed by atoms with E-state index < -0.39 is 0 Å². The second kappa shape index (κ2) is 6.16. The van der Waals surface area contributed by atoms with Gasteiger partial charge in [0.2, 0.25) is 0 Å². The van der Waals surface area contributed by atoms with Crippen LogP contribution < -0.4 is 0 Å². The van der Waals surface area contributed by atoms with Crippen LogP contribution in [0, 0.1) is 24.2 Å². The van der Waals surface area contributed by atoms with Crippen molar-refractivity contribution in [2.24, 2.45) is 17.8 Å². The molecule has 0 aliphatic rings. The fraction of sp³-hybridized carbons (Fsp3) is 0.750. The van der Waals surface area contributed by atoms with E-state index in [9.17, 15) is 0 Å². The minimum Gasteiger partial charge on any atom is -0.0986 e. The van der Waals surface area contributed by atoms with Crippen LogP contribution in [0.3, 0.4) is 0 Å². The van der Waals surface area contributed by atoms with Crippen molar-refractivity contribution >= 4 is 0 Å². The molecule has 0 aromatic rings. The van der Waals surface area contributed by atoms with Crippen molar-refractivity contribution in [3.63, 3.8) is 0 Å². The van der Waals surface area contributed by atoms with E-state index in [1.54, 1.807) is 0 Å². The second-order valence-corrected chi connectivity index (χ2v) is 3.83. The third-order valence-electron chi connectivity index (χ3n) is 2.99. The Balaban J connectivity index is 3.79. The summed E-state index contributed by atoms with van der Waals surface area (Å²) >= 11 is 0. The van der Waals surface area contributed by atoms with Crippen LogP contribution >= 0.6 is 0 Å². The lowest BCUT2D eigenvalue weighted by molar-refractivity contribution is 0.332. The summed E-state index contributed by atoms with van der Waals surface area (Å²) in [6.07, 6.45) is 6.84. The van der Waals surface area contributed by atoms with Gasteiger partial charge < -0.3 is 0 Å². The quantitative estimate of drug-likeness (QED) is 0.413. The van der Waals surface area contributed by atoms with Crippen LogP contribution in [-0.4, -0.2) is 0 Å². The average molecular weight is 167 g/mol. The van der Waals surface area contributed by atoms with E-state index in [2.05, 4.69) is 46.8 Å². The molecule has 0 bridgehead atoms. The standard InChI is InChI=1S/C12H23/c1-6-10(4)11(5)9-12(7-2)8-3/h7-8,10-12H,2,6,9H2,1,3-5H3/q+1. The van der Waals surface area contributed by atoms with Crippen molar-refractivity contribution in [1.29, 1.82) is 0 Å². The molecule has 0 aliphatic carbocycles. The highest BCUT2D eigenvalue weighted by atomic mass is 14.2. The summed E-state index contributed by atoms with van der Waals surface area (Å²) in [6, 6.07) is 0. The minimum atomic E-state index is 0.606. The zero-order chi connectivity index (χ0) is 9.56. The van der Waals surface area contributed by atoms with Crippen LogP contribution in [-0.2, 0) is 0 Å². The maximum absolute atomic E-state index is 3.84. The minimum absolute atomic E-state index is 0.606. The molecule has 0 heterocycles. The summed E-state index contributed by atoms with van der Waals surface area (Å²) in [6.45, 7) is 12.9. The Morgan fingerprint density at radius 2 is 1.92 bits per heavy atom. The molecule has 3 atom stereocenters. The first kappa shape index (κ1) is 11.6. The summed E-state index contributed by atoms with van der Waals surface area (Å²) in [5, 5.41) is 0. The molecule has 0 aliphatic heterocycles. The van der Waals surface area contributed by atoms with E-state index in [1.165, 1.54) is 12.8 Å². The van der Waals surface area contributed by atoms with Crippen molar-refractivity contribution in [3.8, 4) is 0 Å². The van der Waals surface area contributed by atoms with Gasteiger partial charge in [-0.1, -0.05) is 33.8 Å². The van der Waals surface area contributed by atoms with Gasteiger partial charge in [0.05, 0.1) is 13.3 Å². The Labute approximate surface area is 78.1 Å². The molecule has 0 spiro atoms. The Bertz CT molecular complexity index is 115. The third kappa shape index (κ3) is 3.85. The number of allylic oxidation sites excluding steroid dienone is 1. The zero-order valence-electron chi connectivity index (χ0n) is 9.01. The molecule has 3 unspecified atom stereocenters. The summed E-state index contributed by atoms with van der Waals surface area (Å²) < 4.78 is 0. The fourth-order valence-electron chi connectivity index (χ4n) is 1.43. The van der Waals surface area contributed by atoms with Crippen LogP contribution in [0.5, 0.6) is 0 Å². The third-order valence-corrected chi connectivity index (χ3v) is 2.99. The molecule has 0 rings (SSSR count). The van der Waals surface area contributed by atoms with Crippen molar-refractivity contribution in [2.75, 3.05) is 0 Å². The van der Waals surface area contributed by atoms with Gasteiger partial charge in [-0.3, -0.25) is 0 Å². The average Bonchev–Trinajstić information content (AvgIpc) is 2.12. The molecular formula is C12H23+. The first-order chi connectivity index (χ1) is 5.65. The molecule has 0 amide bonds. The normalized spacial score (nSPS) is 18.0. The summed E-state index contributed by atoms with van der Waals surface area (Å²) in [5.41, 5.74) is 0. The highest BCUT2D eigenvalue weighted by Crippen LogP contribution is 2.24.